The molecule has 0 radical (unpaired) electrons. The van der Waals surface area contributed by atoms with E-state index < -0.39 is 0 Å². The molecule has 0 unspecified atom stereocenters. The Morgan fingerprint density at radius 1 is 1.14 bits per heavy atom. The molecule has 0 aliphatic carbocycles. The maximum Gasteiger partial charge on any atom is 0.262 e. The van der Waals surface area contributed by atoms with E-state index in [1.54, 1.807) is 24.5 Å². The van der Waals surface area contributed by atoms with Gasteiger partial charge in [0.2, 0.25) is 0 Å². The van der Waals surface area contributed by atoms with Crippen LogP contribution in [0.25, 0.3) is 27.3 Å². The molecule has 1 aliphatic heterocycles. The SMILES string of the molecule is COCCNC(=O)/C(C#N)=C/c1ccc(-c2ccc3cc(NCCN4CCOCC4)ccc3c2)s1. The lowest BCUT2D eigenvalue weighted by molar-refractivity contribution is -0.117. The molecule has 2 heterocycles. The van der Waals surface area contributed by atoms with Crippen molar-refractivity contribution in [3.63, 3.8) is 0 Å². The van der Waals surface area contributed by atoms with Crippen molar-refractivity contribution in [2.24, 2.45) is 0 Å². The minimum Gasteiger partial charge on any atom is -0.384 e. The molecule has 2 aromatic carbocycles. The van der Waals surface area contributed by atoms with E-state index in [2.05, 4.69) is 51.9 Å². The number of thiophene rings is 1. The van der Waals surface area contributed by atoms with Crippen LogP contribution in [0.2, 0.25) is 0 Å². The number of methoxy groups -OCH3 is 1. The number of ether oxygens (including phenoxy) is 2. The second kappa shape index (κ2) is 12.5. The van der Waals surface area contributed by atoms with Crippen molar-refractivity contribution in [3.8, 4) is 16.5 Å². The van der Waals surface area contributed by atoms with E-state index in [9.17, 15) is 10.1 Å². The highest BCUT2D eigenvalue weighted by molar-refractivity contribution is 7.16. The quantitative estimate of drug-likeness (QED) is 0.254. The Morgan fingerprint density at radius 2 is 1.94 bits per heavy atom. The van der Waals surface area contributed by atoms with Crippen LogP contribution in [0.3, 0.4) is 0 Å². The fourth-order valence-corrected chi connectivity index (χ4v) is 4.88. The van der Waals surface area contributed by atoms with Crippen LogP contribution in [0.5, 0.6) is 0 Å². The average Bonchev–Trinajstić information content (AvgIpc) is 3.36. The van der Waals surface area contributed by atoms with Crippen LogP contribution in [0, 0.1) is 11.3 Å². The van der Waals surface area contributed by atoms with Crippen molar-refractivity contribution < 1.29 is 14.3 Å². The average molecular weight is 491 g/mol. The van der Waals surface area contributed by atoms with Gasteiger partial charge < -0.3 is 20.1 Å². The summed E-state index contributed by atoms with van der Waals surface area (Å²) in [4.78, 5) is 16.5. The highest BCUT2D eigenvalue weighted by Gasteiger charge is 2.11. The van der Waals surface area contributed by atoms with E-state index in [1.807, 2.05) is 18.2 Å². The molecule has 2 N–H and O–H groups in total. The van der Waals surface area contributed by atoms with Gasteiger partial charge >= 0.3 is 0 Å². The van der Waals surface area contributed by atoms with Crippen LogP contribution < -0.4 is 10.6 Å². The number of nitrogens with one attached hydrogen (secondary N) is 2. The summed E-state index contributed by atoms with van der Waals surface area (Å²) in [7, 11) is 1.57. The van der Waals surface area contributed by atoms with Gasteiger partial charge in [-0.3, -0.25) is 9.69 Å². The molecule has 4 rings (SSSR count). The summed E-state index contributed by atoms with van der Waals surface area (Å²) < 4.78 is 10.3. The van der Waals surface area contributed by atoms with Gasteiger partial charge in [-0.15, -0.1) is 11.3 Å². The molecule has 182 valence electrons. The summed E-state index contributed by atoms with van der Waals surface area (Å²) in [6.45, 7) is 6.34. The molecule has 3 aromatic rings. The number of nitriles is 1. The lowest BCUT2D eigenvalue weighted by Crippen LogP contribution is -2.38. The van der Waals surface area contributed by atoms with Gasteiger partial charge in [0.1, 0.15) is 11.6 Å². The molecule has 0 saturated carbocycles. The minimum absolute atomic E-state index is 0.0849. The number of amides is 1. The molecule has 0 bridgehead atoms. The predicted octanol–water partition coefficient (Wildman–Crippen LogP) is 3.98. The first-order chi connectivity index (χ1) is 17.2. The van der Waals surface area contributed by atoms with Crippen LogP contribution in [-0.4, -0.2) is 70.5 Å². The Morgan fingerprint density at radius 3 is 2.74 bits per heavy atom. The standard InChI is InChI=1S/C27H30N4O3S/c1-33-13-9-30-27(32)23(19-28)18-25-6-7-26(35-25)22-3-2-21-17-24(5-4-20(21)16-22)29-8-10-31-11-14-34-15-12-31/h2-7,16-18,29H,8-15H2,1H3,(H,30,32)/b23-18+. The number of nitrogens with zero attached hydrogens (tertiary/aromatic N) is 2. The monoisotopic (exact) mass is 490 g/mol. The number of rotatable bonds is 10. The maximum absolute atomic E-state index is 12.2. The zero-order valence-electron chi connectivity index (χ0n) is 19.9. The third-order valence-electron chi connectivity index (χ3n) is 5.86. The van der Waals surface area contributed by atoms with Crippen LogP contribution in [0.1, 0.15) is 4.88 Å². The number of benzene rings is 2. The zero-order chi connectivity index (χ0) is 24.5. The van der Waals surface area contributed by atoms with Crippen LogP contribution in [-0.2, 0) is 14.3 Å². The summed E-state index contributed by atoms with van der Waals surface area (Å²) >= 11 is 1.55. The zero-order valence-corrected chi connectivity index (χ0v) is 20.7. The van der Waals surface area contributed by atoms with Gasteiger partial charge in [0, 0.05) is 55.3 Å². The second-order valence-corrected chi connectivity index (χ2v) is 9.39. The smallest absolute Gasteiger partial charge is 0.262 e. The summed E-state index contributed by atoms with van der Waals surface area (Å²) in [6, 6.07) is 18.8. The molecule has 0 spiro atoms. The number of fused-ring (bicyclic) bond motifs is 1. The normalized spacial score (nSPS) is 14.6. The van der Waals surface area contributed by atoms with Gasteiger partial charge in [-0.1, -0.05) is 18.2 Å². The fourth-order valence-electron chi connectivity index (χ4n) is 3.93. The highest BCUT2D eigenvalue weighted by Crippen LogP contribution is 2.32. The van der Waals surface area contributed by atoms with Crippen LogP contribution in [0.15, 0.2) is 54.1 Å². The van der Waals surface area contributed by atoms with Gasteiger partial charge in [-0.2, -0.15) is 5.26 Å². The van der Waals surface area contributed by atoms with E-state index in [4.69, 9.17) is 9.47 Å². The Hall–Kier alpha value is -3.22. The van der Waals surface area contributed by atoms with Crippen molar-refractivity contribution in [2.45, 2.75) is 0 Å². The first-order valence-electron chi connectivity index (χ1n) is 11.7. The van der Waals surface area contributed by atoms with E-state index in [1.165, 1.54) is 10.8 Å². The summed E-state index contributed by atoms with van der Waals surface area (Å²) in [5.74, 6) is -0.389. The largest absolute Gasteiger partial charge is 0.384 e. The molecular formula is C27H30N4O3S. The number of hydrogen-bond acceptors (Lipinski definition) is 7. The topological polar surface area (TPSA) is 86.6 Å². The van der Waals surface area contributed by atoms with Gasteiger partial charge in [0.25, 0.3) is 5.91 Å². The molecule has 1 aliphatic rings. The van der Waals surface area contributed by atoms with Gasteiger partial charge in [-0.05, 0) is 52.7 Å². The Balaban J connectivity index is 1.40. The molecular weight excluding hydrogens is 460 g/mol. The van der Waals surface area contributed by atoms with E-state index >= 15 is 0 Å². The lowest BCUT2D eigenvalue weighted by atomic mass is 10.1. The third-order valence-corrected chi connectivity index (χ3v) is 6.94. The van der Waals surface area contributed by atoms with Gasteiger partial charge in [0.05, 0.1) is 19.8 Å². The number of anilines is 1. The third kappa shape index (κ3) is 6.90. The Labute approximate surface area is 210 Å². The number of hydrogen-bond donors (Lipinski definition) is 2. The predicted molar refractivity (Wildman–Crippen MR) is 141 cm³/mol. The second-order valence-electron chi connectivity index (χ2n) is 8.28. The first kappa shape index (κ1) is 24.9. The molecule has 35 heavy (non-hydrogen) atoms. The molecule has 0 atom stereocenters. The van der Waals surface area contributed by atoms with E-state index in [-0.39, 0.29) is 11.5 Å². The minimum atomic E-state index is -0.389. The Kier molecular flexibility index (Phi) is 8.87. The van der Waals surface area contributed by atoms with Crippen molar-refractivity contribution in [2.75, 3.05) is 65.0 Å². The van der Waals surface area contributed by atoms with Crippen molar-refractivity contribution in [1.82, 2.24) is 10.2 Å². The maximum atomic E-state index is 12.2. The van der Waals surface area contributed by atoms with Gasteiger partial charge in [0.15, 0.2) is 0 Å². The molecule has 1 aromatic heterocycles. The van der Waals surface area contributed by atoms with Crippen LogP contribution in [0.4, 0.5) is 5.69 Å². The first-order valence-corrected chi connectivity index (χ1v) is 12.5. The van der Waals surface area contributed by atoms with E-state index in [0.29, 0.717) is 13.2 Å². The van der Waals surface area contributed by atoms with Gasteiger partial charge in [-0.25, -0.2) is 0 Å². The summed E-state index contributed by atoms with van der Waals surface area (Å²) in [6.07, 6.45) is 1.63. The van der Waals surface area contributed by atoms with Crippen molar-refractivity contribution >= 4 is 39.8 Å². The molecule has 1 fully saturated rings. The molecule has 1 amide bonds. The fraction of sp³-hybridized carbons (Fsp3) is 0.333. The lowest BCUT2D eigenvalue weighted by Gasteiger charge is -2.26. The van der Waals surface area contributed by atoms with Crippen LogP contribution >= 0.6 is 11.3 Å². The van der Waals surface area contributed by atoms with E-state index in [0.717, 1.165) is 60.4 Å². The van der Waals surface area contributed by atoms with Crippen molar-refractivity contribution in [1.29, 1.82) is 5.26 Å². The number of carbonyl (C=O) groups is 1. The number of morpholine rings is 1. The number of carbonyl (C=O) groups excluding carboxylic acids is 1. The molecule has 8 heteroatoms. The van der Waals surface area contributed by atoms with Crippen molar-refractivity contribution in [3.05, 3.63) is 59.0 Å². The molecule has 1 saturated heterocycles. The molecule has 7 nitrogen and oxygen atoms in total. The summed E-state index contributed by atoms with van der Waals surface area (Å²) in [5.41, 5.74) is 2.31. The summed E-state index contributed by atoms with van der Waals surface area (Å²) in [5, 5.41) is 17.9. The Bertz CT molecular complexity index is 1220. The highest BCUT2D eigenvalue weighted by atomic mass is 32.1.